The number of anilines is 3. The zero-order chi connectivity index (χ0) is 25.1. The molecule has 1 aromatic carbocycles. The number of halogens is 1. The molecule has 35 heavy (non-hydrogen) atoms. The van der Waals surface area contributed by atoms with Gasteiger partial charge in [-0.25, -0.2) is 4.98 Å². The SMILES string of the molecule is CNC(=O)COc1cc2cc(Nc3nc(N4CCOC(C)C4)ncc3Cl)ccc2n(C(C)C)c1=O. The van der Waals surface area contributed by atoms with Crippen molar-refractivity contribution in [3.63, 3.8) is 0 Å². The number of amides is 1. The summed E-state index contributed by atoms with van der Waals surface area (Å²) in [6.07, 6.45) is 1.67. The Balaban J connectivity index is 1.67. The Morgan fingerprint density at radius 2 is 2.14 bits per heavy atom. The van der Waals surface area contributed by atoms with Crippen LogP contribution in [0.25, 0.3) is 10.9 Å². The minimum Gasteiger partial charge on any atom is -0.478 e. The van der Waals surface area contributed by atoms with Crippen molar-refractivity contribution < 1.29 is 14.3 Å². The average Bonchev–Trinajstić information content (AvgIpc) is 2.83. The van der Waals surface area contributed by atoms with Crippen molar-refractivity contribution in [1.82, 2.24) is 19.9 Å². The van der Waals surface area contributed by atoms with Gasteiger partial charge in [0.05, 0.1) is 24.4 Å². The molecule has 1 saturated heterocycles. The lowest BCUT2D eigenvalue weighted by atomic mass is 10.1. The number of nitrogens with zero attached hydrogens (tertiary/aromatic N) is 4. The Morgan fingerprint density at radius 3 is 2.86 bits per heavy atom. The molecule has 186 valence electrons. The maximum absolute atomic E-state index is 13.0. The molecule has 0 spiro atoms. The Morgan fingerprint density at radius 1 is 1.34 bits per heavy atom. The summed E-state index contributed by atoms with van der Waals surface area (Å²) in [5, 5.41) is 6.90. The Kier molecular flexibility index (Phi) is 7.42. The van der Waals surface area contributed by atoms with E-state index in [0.29, 0.717) is 36.5 Å². The van der Waals surface area contributed by atoms with Crippen LogP contribution in [0.5, 0.6) is 5.75 Å². The van der Waals surface area contributed by atoms with Gasteiger partial charge in [-0.15, -0.1) is 0 Å². The summed E-state index contributed by atoms with van der Waals surface area (Å²) >= 11 is 6.40. The largest absolute Gasteiger partial charge is 0.478 e. The lowest BCUT2D eigenvalue weighted by Crippen LogP contribution is -2.42. The molecule has 4 rings (SSSR count). The van der Waals surface area contributed by atoms with Crippen LogP contribution >= 0.6 is 11.6 Å². The fraction of sp³-hybridized carbons (Fsp3) is 0.417. The van der Waals surface area contributed by atoms with Crippen LogP contribution in [0.4, 0.5) is 17.5 Å². The Bertz CT molecular complexity index is 1290. The van der Waals surface area contributed by atoms with Crippen molar-refractivity contribution in [3.05, 3.63) is 45.8 Å². The molecule has 0 radical (unpaired) electrons. The molecule has 1 unspecified atom stereocenters. The van der Waals surface area contributed by atoms with Crippen molar-refractivity contribution in [2.75, 3.05) is 43.6 Å². The van der Waals surface area contributed by atoms with Crippen molar-refractivity contribution in [2.45, 2.75) is 32.9 Å². The number of pyridine rings is 1. The van der Waals surface area contributed by atoms with Gasteiger partial charge in [0.1, 0.15) is 5.02 Å². The number of aromatic nitrogens is 3. The van der Waals surface area contributed by atoms with Crippen LogP contribution in [0.1, 0.15) is 26.8 Å². The quantitative estimate of drug-likeness (QED) is 0.509. The molecule has 10 nitrogen and oxygen atoms in total. The molecule has 11 heteroatoms. The number of carbonyl (C=O) groups is 1. The third-order valence-corrected chi connectivity index (χ3v) is 5.95. The molecule has 1 amide bonds. The van der Waals surface area contributed by atoms with E-state index >= 15 is 0 Å². The van der Waals surface area contributed by atoms with E-state index in [4.69, 9.17) is 21.1 Å². The zero-order valence-corrected chi connectivity index (χ0v) is 20.9. The molecule has 3 heterocycles. The fourth-order valence-corrected chi connectivity index (χ4v) is 4.10. The van der Waals surface area contributed by atoms with Crippen LogP contribution in [0.15, 0.2) is 35.3 Å². The summed E-state index contributed by atoms with van der Waals surface area (Å²) in [7, 11) is 1.51. The van der Waals surface area contributed by atoms with E-state index in [1.165, 1.54) is 7.05 Å². The molecular formula is C24H29ClN6O4. The van der Waals surface area contributed by atoms with E-state index in [0.717, 1.165) is 16.6 Å². The number of morpholine rings is 1. The smallest absolute Gasteiger partial charge is 0.293 e. The Labute approximate surface area is 208 Å². The first-order valence-electron chi connectivity index (χ1n) is 11.5. The van der Waals surface area contributed by atoms with E-state index < -0.39 is 0 Å². The van der Waals surface area contributed by atoms with Crippen LogP contribution in [-0.2, 0) is 9.53 Å². The van der Waals surface area contributed by atoms with Crippen LogP contribution < -0.4 is 25.8 Å². The van der Waals surface area contributed by atoms with E-state index in [1.54, 1.807) is 16.8 Å². The maximum Gasteiger partial charge on any atom is 0.293 e. The van der Waals surface area contributed by atoms with Crippen LogP contribution in [0, 0.1) is 0 Å². The molecule has 1 atom stereocenters. The highest BCUT2D eigenvalue weighted by molar-refractivity contribution is 6.32. The number of fused-ring (bicyclic) bond motifs is 1. The van der Waals surface area contributed by atoms with Gasteiger partial charge in [-0.05, 0) is 45.0 Å². The van der Waals surface area contributed by atoms with Gasteiger partial charge >= 0.3 is 0 Å². The first-order valence-corrected chi connectivity index (χ1v) is 11.8. The van der Waals surface area contributed by atoms with Gasteiger partial charge in [0.25, 0.3) is 11.5 Å². The van der Waals surface area contributed by atoms with E-state index in [2.05, 4.69) is 25.5 Å². The zero-order valence-electron chi connectivity index (χ0n) is 20.2. The molecule has 1 aliphatic heterocycles. The van der Waals surface area contributed by atoms with Gasteiger partial charge in [-0.1, -0.05) is 11.6 Å². The second-order valence-electron chi connectivity index (χ2n) is 8.63. The topological polar surface area (TPSA) is 111 Å². The molecule has 2 aromatic heterocycles. The van der Waals surface area contributed by atoms with E-state index in [1.807, 2.05) is 39.0 Å². The lowest BCUT2D eigenvalue weighted by Gasteiger charge is -2.31. The summed E-state index contributed by atoms with van der Waals surface area (Å²) in [6.45, 7) is 7.62. The third kappa shape index (κ3) is 5.49. The van der Waals surface area contributed by atoms with Crippen molar-refractivity contribution >= 4 is 45.9 Å². The summed E-state index contributed by atoms with van der Waals surface area (Å²) in [5.41, 5.74) is 1.19. The summed E-state index contributed by atoms with van der Waals surface area (Å²) < 4.78 is 12.8. The first kappa shape index (κ1) is 24.7. The van der Waals surface area contributed by atoms with Crippen molar-refractivity contribution in [3.8, 4) is 5.75 Å². The number of ether oxygens (including phenoxy) is 2. The standard InChI is InChI=1S/C24H29ClN6O4/c1-14(2)31-19-6-5-17(9-16(19)10-20(23(31)33)35-13-21(32)26-4)28-22-18(25)11-27-24(29-22)30-7-8-34-15(3)12-30/h5-6,9-11,14-15H,7-8,12-13H2,1-4H3,(H,26,32)(H,27,28,29). The van der Waals surface area contributed by atoms with Crippen LogP contribution in [0.3, 0.4) is 0 Å². The van der Waals surface area contributed by atoms with E-state index in [9.17, 15) is 9.59 Å². The van der Waals surface area contributed by atoms with Gasteiger partial charge in [0.15, 0.2) is 18.2 Å². The van der Waals surface area contributed by atoms with Gasteiger partial charge < -0.3 is 29.6 Å². The van der Waals surface area contributed by atoms with Crippen LogP contribution in [-0.4, -0.2) is 59.9 Å². The molecular weight excluding hydrogens is 472 g/mol. The third-order valence-electron chi connectivity index (χ3n) is 5.68. The highest BCUT2D eigenvalue weighted by atomic mass is 35.5. The van der Waals surface area contributed by atoms with Crippen molar-refractivity contribution in [2.24, 2.45) is 0 Å². The molecule has 1 aliphatic rings. The number of likely N-dealkylation sites (N-methyl/N-ethyl adjacent to an activating group) is 1. The fourth-order valence-electron chi connectivity index (χ4n) is 3.96. The molecule has 0 aliphatic carbocycles. The highest BCUT2D eigenvalue weighted by Gasteiger charge is 2.20. The average molecular weight is 501 g/mol. The number of hydrogen-bond donors (Lipinski definition) is 2. The van der Waals surface area contributed by atoms with Gasteiger partial charge in [-0.3, -0.25) is 9.59 Å². The number of hydrogen-bond acceptors (Lipinski definition) is 8. The minimum atomic E-state index is -0.320. The van der Waals surface area contributed by atoms with Gasteiger partial charge in [0.2, 0.25) is 5.95 Å². The number of rotatable bonds is 7. The predicted molar refractivity (Wildman–Crippen MR) is 136 cm³/mol. The molecule has 0 saturated carbocycles. The molecule has 2 N–H and O–H groups in total. The first-order chi connectivity index (χ1) is 16.8. The molecule has 3 aromatic rings. The van der Waals surface area contributed by atoms with Gasteiger partial charge in [-0.2, -0.15) is 4.98 Å². The van der Waals surface area contributed by atoms with Crippen molar-refractivity contribution in [1.29, 1.82) is 0 Å². The maximum atomic E-state index is 13.0. The number of benzene rings is 1. The molecule has 0 bridgehead atoms. The van der Waals surface area contributed by atoms with Gasteiger partial charge in [0, 0.05) is 37.3 Å². The Hall–Kier alpha value is -3.37. The minimum absolute atomic E-state index is 0.0956. The second-order valence-corrected chi connectivity index (χ2v) is 9.04. The number of nitrogens with one attached hydrogen (secondary N) is 2. The van der Waals surface area contributed by atoms with Crippen LogP contribution in [0.2, 0.25) is 5.02 Å². The normalized spacial score (nSPS) is 15.9. The molecule has 1 fully saturated rings. The number of carbonyl (C=O) groups excluding carboxylic acids is 1. The monoisotopic (exact) mass is 500 g/mol. The predicted octanol–water partition coefficient (Wildman–Crippen LogP) is 3.12. The second kappa shape index (κ2) is 10.5. The van der Waals surface area contributed by atoms with E-state index in [-0.39, 0.29) is 36.0 Å². The highest BCUT2D eigenvalue weighted by Crippen LogP contribution is 2.29. The summed E-state index contributed by atoms with van der Waals surface area (Å²) in [6, 6.07) is 7.14. The summed E-state index contributed by atoms with van der Waals surface area (Å²) in [5.74, 6) is 0.838. The lowest BCUT2D eigenvalue weighted by molar-refractivity contribution is -0.122. The summed E-state index contributed by atoms with van der Waals surface area (Å²) in [4.78, 5) is 35.7.